The van der Waals surface area contributed by atoms with Crippen LogP contribution in [0.1, 0.15) is 72.1 Å². The Kier molecular flexibility index (Phi) is 10.6. The normalized spacial score (nSPS) is 30.4. The van der Waals surface area contributed by atoms with Crippen LogP contribution in [0.4, 0.5) is 4.79 Å². The number of ether oxygens (including phenoxy) is 3. The SMILES string of the molecule is CC[C@@H]1C[C@H](C)CC/C=C\[C@@H]2C[C@@]2(C(=O)NS(=O)(=O)C2(C)CC2)NC(=O)[C@@H]2C[C@@H](Oc3cc(OC)nc4cc(OC)ccc34)CN2C(=O)[C@H]1NC(=O)O. The fourth-order valence-electron chi connectivity index (χ4n) is 7.61. The number of nitrogens with one attached hydrogen (secondary N) is 3. The minimum atomic E-state index is -4.01. The number of benzene rings is 1. The number of carbonyl (C=O) groups is 4. The third-order valence-electron chi connectivity index (χ3n) is 11.3. The van der Waals surface area contributed by atoms with Crippen molar-refractivity contribution in [3.05, 3.63) is 36.4 Å². The molecule has 3 heterocycles. The van der Waals surface area contributed by atoms with Crippen molar-refractivity contribution in [2.45, 2.75) is 101 Å². The molecule has 3 fully saturated rings. The molecule has 4 aliphatic rings. The zero-order valence-electron chi connectivity index (χ0n) is 30.7. The molecule has 16 heteroatoms. The molecule has 2 saturated carbocycles. The molecule has 4 amide bonds. The van der Waals surface area contributed by atoms with Crippen LogP contribution in [0.2, 0.25) is 0 Å². The number of sulfonamides is 1. The van der Waals surface area contributed by atoms with Crippen molar-refractivity contribution in [3.8, 4) is 17.4 Å². The fourth-order valence-corrected chi connectivity index (χ4v) is 8.92. The van der Waals surface area contributed by atoms with E-state index in [2.05, 4.69) is 20.3 Å². The maximum atomic E-state index is 14.6. The van der Waals surface area contributed by atoms with Gasteiger partial charge in [-0.1, -0.05) is 32.4 Å². The van der Waals surface area contributed by atoms with Crippen LogP contribution < -0.4 is 29.6 Å². The van der Waals surface area contributed by atoms with E-state index in [1.54, 1.807) is 31.2 Å². The van der Waals surface area contributed by atoms with E-state index in [-0.39, 0.29) is 37.1 Å². The molecule has 7 atom stereocenters. The molecule has 2 aliphatic heterocycles. The molecule has 0 unspecified atom stereocenters. The number of rotatable bonds is 9. The van der Waals surface area contributed by atoms with Gasteiger partial charge in [-0.15, -0.1) is 0 Å². The number of methoxy groups -OCH3 is 2. The van der Waals surface area contributed by atoms with Crippen molar-refractivity contribution in [1.82, 2.24) is 25.2 Å². The molecule has 15 nitrogen and oxygen atoms in total. The molecule has 4 N–H and O–H groups in total. The second kappa shape index (κ2) is 14.7. The molecule has 2 aliphatic carbocycles. The molecule has 1 aromatic carbocycles. The zero-order valence-corrected chi connectivity index (χ0v) is 31.5. The molecular weight excluding hydrogens is 706 g/mol. The third-order valence-corrected chi connectivity index (χ3v) is 13.5. The van der Waals surface area contributed by atoms with Gasteiger partial charge in [-0.05, 0) is 69.4 Å². The highest BCUT2D eigenvalue weighted by Crippen LogP contribution is 2.47. The maximum Gasteiger partial charge on any atom is 0.405 e. The first-order valence-corrected chi connectivity index (χ1v) is 19.7. The zero-order chi connectivity index (χ0) is 38.3. The average molecular weight is 756 g/mol. The van der Waals surface area contributed by atoms with Gasteiger partial charge >= 0.3 is 6.09 Å². The second-order valence-electron chi connectivity index (χ2n) is 15.1. The van der Waals surface area contributed by atoms with Gasteiger partial charge in [0.15, 0.2) is 0 Å². The average Bonchev–Trinajstić information content (AvgIpc) is 4.00. The van der Waals surface area contributed by atoms with Gasteiger partial charge in [-0.2, -0.15) is 0 Å². The van der Waals surface area contributed by atoms with Gasteiger partial charge in [-0.3, -0.25) is 19.1 Å². The van der Waals surface area contributed by atoms with Gasteiger partial charge in [0.05, 0.1) is 31.0 Å². The molecular formula is C37H49N5O10S. The van der Waals surface area contributed by atoms with Gasteiger partial charge in [0.25, 0.3) is 5.91 Å². The van der Waals surface area contributed by atoms with Crippen LogP contribution >= 0.6 is 0 Å². The number of hydrogen-bond acceptors (Lipinski definition) is 10. The summed E-state index contributed by atoms with van der Waals surface area (Å²) < 4.78 is 44.8. The summed E-state index contributed by atoms with van der Waals surface area (Å²) in [6, 6.07) is 4.54. The van der Waals surface area contributed by atoms with Crippen LogP contribution in [0.15, 0.2) is 36.4 Å². The Hall–Kier alpha value is -4.60. The van der Waals surface area contributed by atoms with Crippen molar-refractivity contribution in [2.24, 2.45) is 17.8 Å². The van der Waals surface area contributed by atoms with Crippen LogP contribution in [0.3, 0.4) is 0 Å². The number of carboxylic acid groups (broad SMARTS) is 1. The van der Waals surface area contributed by atoms with Gasteiger partial charge in [0.2, 0.25) is 27.7 Å². The van der Waals surface area contributed by atoms with Crippen LogP contribution in [0.25, 0.3) is 10.9 Å². The van der Waals surface area contributed by atoms with Crippen LogP contribution in [0.5, 0.6) is 17.4 Å². The Balaban J connectivity index is 1.36. The van der Waals surface area contributed by atoms with Crippen molar-refractivity contribution >= 4 is 44.7 Å². The number of aromatic nitrogens is 1. The molecule has 1 saturated heterocycles. The van der Waals surface area contributed by atoms with Crippen molar-refractivity contribution in [3.63, 3.8) is 0 Å². The Morgan fingerprint density at radius 2 is 1.89 bits per heavy atom. The summed E-state index contributed by atoms with van der Waals surface area (Å²) in [5, 5.41) is 15.8. The van der Waals surface area contributed by atoms with Gasteiger partial charge in [0, 0.05) is 29.9 Å². The Morgan fingerprint density at radius 1 is 1.13 bits per heavy atom. The fraction of sp³-hybridized carbons (Fsp3) is 0.595. The number of fused-ring (bicyclic) bond motifs is 3. The van der Waals surface area contributed by atoms with E-state index in [4.69, 9.17) is 14.2 Å². The van der Waals surface area contributed by atoms with E-state index in [0.29, 0.717) is 54.5 Å². The predicted molar refractivity (Wildman–Crippen MR) is 194 cm³/mol. The number of amides is 4. The number of carbonyl (C=O) groups excluding carboxylic acids is 3. The largest absolute Gasteiger partial charge is 0.497 e. The summed E-state index contributed by atoms with van der Waals surface area (Å²) in [6.07, 6.45) is 5.16. The minimum Gasteiger partial charge on any atom is -0.497 e. The topological polar surface area (TPSA) is 203 Å². The second-order valence-corrected chi connectivity index (χ2v) is 17.3. The van der Waals surface area contributed by atoms with E-state index in [9.17, 15) is 32.7 Å². The third kappa shape index (κ3) is 7.73. The molecule has 0 spiro atoms. The minimum absolute atomic E-state index is 0.00141. The highest BCUT2D eigenvalue weighted by molar-refractivity contribution is 7.91. The number of allylic oxidation sites excluding steroid dienone is 1. The molecule has 53 heavy (non-hydrogen) atoms. The maximum absolute atomic E-state index is 14.6. The van der Waals surface area contributed by atoms with Crippen molar-refractivity contribution in [2.75, 3.05) is 20.8 Å². The molecule has 2 aromatic rings. The van der Waals surface area contributed by atoms with Crippen molar-refractivity contribution < 1.29 is 46.9 Å². The van der Waals surface area contributed by atoms with Gasteiger partial charge in [0.1, 0.15) is 35.2 Å². The molecule has 6 rings (SSSR count). The number of pyridine rings is 1. The van der Waals surface area contributed by atoms with Crippen LogP contribution in [-0.4, -0.2) is 96.5 Å². The summed E-state index contributed by atoms with van der Waals surface area (Å²) in [4.78, 5) is 60.8. The Labute approximate surface area is 309 Å². The molecule has 288 valence electrons. The van der Waals surface area contributed by atoms with E-state index < -0.39 is 68.2 Å². The first-order chi connectivity index (χ1) is 25.1. The Bertz CT molecular complexity index is 1910. The lowest BCUT2D eigenvalue weighted by Crippen LogP contribution is -2.59. The lowest BCUT2D eigenvalue weighted by Gasteiger charge is -2.33. The summed E-state index contributed by atoms with van der Waals surface area (Å²) in [6.45, 7) is 5.45. The van der Waals surface area contributed by atoms with E-state index in [1.807, 2.05) is 26.0 Å². The number of hydrogen-bond donors (Lipinski definition) is 4. The van der Waals surface area contributed by atoms with Gasteiger partial charge < -0.3 is 34.9 Å². The van der Waals surface area contributed by atoms with Crippen LogP contribution in [-0.2, 0) is 24.4 Å². The van der Waals surface area contributed by atoms with E-state index >= 15 is 0 Å². The molecule has 0 bridgehead atoms. The lowest BCUT2D eigenvalue weighted by atomic mass is 9.85. The quantitative estimate of drug-likeness (QED) is 0.273. The predicted octanol–water partition coefficient (Wildman–Crippen LogP) is 3.51. The summed E-state index contributed by atoms with van der Waals surface area (Å²) in [7, 11) is -1.00. The molecule has 1 aromatic heterocycles. The van der Waals surface area contributed by atoms with Crippen molar-refractivity contribution in [1.29, 1.82) is 0 Å². The first kappa shape index (κ1) is 38.1. The lowest BCUT2D eigenvalue weighted by molar-refractivity contribution is -0.142. The standard InChI is InChI=1S/C37H49N5O10S/c1-6-22-15-21(2)9-7-8-10-23-19-37(23,34(45)41-53(48,49)36(3)13-14-36)40-32(43)28-17-25(20-42(28)33(44)31(22)39-35(46)47)52-29-18-30(51-5)38-27-16-24(50-4)11-12-26(27)29/h8,10-12,16,18,21-23,25,28,31,39H,6-7,9,13-15,17,19-20H2,1-5H3,(H,40,43)(H,41,45)(H,46,47)/b10-8-/t21-,22-,23-,25-,28+,31+,37-/m1/s1. The first-order valence-electron chi connectivity index (χ1n) is 18.2. The highest BCUT2D eigenvalue weighted by Gasteiger charge is 2.63. The molecule has 0 radical (unpaired) electrons. The summed E-state index contributed by atoms with van der Waals surface area (Å²) >= 11 is 0. The smallest absolute Gasteiger partial charge is 0.405 e. The van der Waals surface area contributed by atoms with Gasteiger partial charge in [-0.25, -0.2) is 18.2 Å². The monoisotopic (exact) mass is 755 g/mol. The van der Waals surface area contributed by atoms with E-state index in [1.165, 1.54) is 19.1 Å². The Morgan fingerprint density at radius 3 is 2.55 bits per heavy atom. The van der Waals surface area contributed by atoms with Crippen LogP contribution in [0, 0.1) is 17.8 Å². The van der Waals surface area contributed by atoms with E-state index in [0.717, 1.165) is 6.42 Å². The summed E-state index contributed by atoms with van der Waals surface area (Å²) in [5.41, 5.74) is -1.02. The number of nitrogens with zero attached hydrogens (tertiary/aromatic N) is 2. The highest BCUT2D eigenvalue weighted by atomic mass is 32.2. The summed E-state index contributed by atoms with van der Waals surface area (Å²) in [5.74, 6) is -1.56.